The average Bonchev–Trinajstić information content (AvgIpc) is 2.24. The minimum absolute atomic E-state index is 0.0231. The maximum Gasteiger partial charge on any atom is 0.153 e. The standard InChI is InChI=1S/C12H12O2S/c13-10-7-11(14)12(15-8-10)6-9-4-2-1-3-5-9/h1-5,12H,6-8H2. The predicted octanol–water partition coefficient (Wildman–Crippen LogP) is 1.87. The number of benzene rings is 1. The van der Waals surface area contributed by atoms with Gasteiger partial charge < -0.3 is 0 Å². The first-order valence-corrected chi connectivity index (χ1v) is 6.00. The summed E-state index contributed by atoms with van der Waals surface area (Å²) in [5, 5.41) is -0.0231. The van der Waals surface area contributed by atoms with Crippen molar-refractivity contribution >= 4 is 23.3 Å². The van der Waals surface area contributed by atoms with Crippen LogP contribution in [0.5, 0.6) is 0 Å². The Morgan fingerprint density at radius 2 is 1.93 bits per heavy atom. The van der Waals surface area contributed by atoms with Crippen molar-refractivity contribution in [3.8, 4) is 0 Å². The zero-order chi connectivity index (χ0) is 10.7. The molecule has 78 valence electrons. The Morgan fingerprint density at radius 3 is 2.60 bits per heavy atom. The molecule has 1 atom stereocenters. The topological polar surface area (TPSA) is 34.1 Å². The van der Waals surface area contributed by atoms with Gasteiger partial charge in [0.1, 0.15) is 5.78 Å². The second-order valence-corrected chi connectivity index (χ2v) is 4.86. The maximum absolute atomic E-state index is 11.6. The van der Waals surface area contributed by atoms with Crippen LogP contribution in [0.3, 0.4) is 0 Å². The van der Waals surface area contributed by atoms with Crippen LogP contribution in [0.2, 0.25) is 0 Å². The van der Waals surface area contributed by atoms with Gasteiger partial charge >= 0.3 is 0 Å². The summed E-state index contributed by atoms with van der Waals surface area (Å²) in [7, 11) is 0. The number of rotatable bonds is 2. The number of carbonyl (C=O) groups is 2. The Morgan fingerprint density at radius 1 is 1.20 bits per heavy atom. The van der Waals surface area contributed by atoms with Gasteiger partial charge in [-0.1, -0.05) is 30.3 Å². The molecule has 1 aromatic rings. The van der Waals surface area contributed by atoms with Crippen molar-refractivity contribution in [1.82, 2.24) is 0 Å². The SMILES string of the molecule is O=C1CSC(Cc2ccccc2)C(=O)C1. The monoisotopic (exact) mass is 220 g/mol. The molecule has 0 amide bonds. The first-order chi connectivity index (χ1) is 7.25. The molecule has 1 aromatic carbocycles. The van der Waals surface area contributed by atoms with Gasteiger partial charge in [-0.3, -0.25) is 9.59 Å². The third kappa shape index (κ3) is 2.69. The van der Waals surface area contributed by atoms with Crippen LogP contribution < -0.4 is 0 Å². The van der Waals surface area contributed by atoms with Crippen molar-refractivity contribution in [1.29, 1.82) is 0 Å². The molecule has 0 spiro atoms. The summed E-state index contributed by atoms with van der Waals surface area (Å²) in [6, 6.07) is 9.94. The fraction of sp³-hybridized carbons (Fsp3) is 0.333. The molecule has 0 bridgehead atoms. The summed E-state index contributed by atoms with van der Waals surface area (Å²) in [6.45, 7) is 0. The molecule has 0 aliphatic carbocycles. The van der Waals surface area contributed by atoms with E-state index in [0.29, 0.717) is 5.75 Å². The molecule has 1 saturated heterocycles. The number of carbonyl (C=O) groups excluding carboxylic acids is 2. The molecule has 2 rings (SSSR count). The maximum atomic E-state index is 11.6. The van der Waals surface area contributed by atoms with Crippen molar-refractivity contribution in [3.05, 3.63) is 35.9 Å². The molecular weight excluding hydrogens is 208 g/mol. The smallest absolute Gasteiger partial charge is 0.153 e. The lowest BCUT2D eigenvalue weighted by atomic mass is 10.0. The summed E-state index contributed by atoms with van der Waals surface area (Å²) >= 11 is 1.48. The van der Waals surface area contributed by atoms with E-state index in [9.17, 15) is 9.59 Å². The zero-order valence-corrected chi connectivity index (χ0v) is 9.13. The van der Waals surface area contributed by atoms with Crippen LogP contribution in [0.4, 0.5) is 0 Å². The fourth-order valence-electron chi connectivity index (χ4n) is 1.65. The minimum atomic E-state index is -0.0231. The Balaban J connectivity index is 2.01. The van der Waals surface area contributed by atoms with E-state index >= 15 is 0 Å². The van der Waals surface area contributed by atoms with Gasteiger partial charge in [0.2, 0.25) is 0 Å². The van der Waals surface area contributed by atoms with Crippen molar-refractivity contribution in [2.45, 2.75) is 18.1 Å². The Labute approximate surface area is 93.1 Å². The summed E-state index contributed by atoms with van der Waals surface area (Å²) < 4.78 is 0. The van der Waals surface area contributed by atoms with Gasteiger partial charge in [-0.15, -0.1) is 11.8 Å². The first kappa shape index (κ1) is 10.4. The highest BCUT2D eigenvalue weighted by molar-refractivity contribution is 8.01. The molecule has 1 fully saturated rings. The molecular formula is C12H12O2S. The second-order valence-electron chi connectivity index (χ2n) is 3.67. The molecule has 0 radical (unpaired) electrons. The van der Waals surface area contributed by atoms with Crippen LogP contribution in [0.25, 0.3) is 0 Å². The lowest BCUT2D eigenvalue weighted by molar-refractivity contribution is -0.125. The highest BCUT2D eigenvalue weighted by atomic mass is 32.2. The van der Waals surface area contributed by atoms with Gasteiger partial charge in [-0.25, -0.2) is 0 Å². The van der Waals surface area contributed by atoms with Crippen LogP contribution >= 0.6 is 11.8 Å². The predicted molar refractivity (Wildman–Crippen MR) is 61.0 cm³/mol. The number of hydrogen-bond acceptors (Lipinski definition) is 3. The van der Waals surface area contributed by atoms with Crippen LogP contribution in [-0.2, 0) is 16.0 Å². The van der Waals surface area contributed by atoms with E-state index in [2.05, 4.69) is 0 Å². The van der Waals surface area contributed by atoms with E-state index in [1.54, 1.807) is 0 Å². The molecule has 15 heavy (non-hydrogen) atoms. The summed E-state index contributed by atoms with van der Waals surface area (Å²) in [4.78, 5) is 22.6. The Hall–Kier alpha value is -1.09. The summed E-state index contributed by atoms with van der Waals surface area (Å²) in [6.07, 6.45) is 0.877. The largest absolute Gasteiger partial charge is 0.298 e. The molecule has 1 aliphatic heterocycles. The molecule has 2 nitrogen and oxygen atoms in total. The van der Waals surface area contributed by atoms with Gasteiger partial charge in [-0.2, -0.15) is 0 Å². The first-order valence-electron chi connectivity index (χ1n) is 4.95. The van der Waals surface area contributed by atoms with E-state index in [4.69, 9.17) is 0 Å². The van der Waals surface area contributed by atoms with Gasteiger partial charge in [0, 0.05) is 0 Å². The van der Waals surface area contributed by atoms with Crippen molar-refractivity contribution in [3.63, 3.8) is 0 Å². The van der Waals surface area contributed by atoms with E-state index < -0.39 is 0 Å². The molecule has 1 unspecified atom stereocenters. The highest BCUT2D eigenvalue weighted by Crippen LogP contribution is 2.23. The summed E-state index contributed by atoms with van der Waals surface area (Å²) in [5.74, 6) is 0.637. The average molecular weight is 220 g/mol. The van der Waals surface area contributed by atoms with E-state index in [-0.39, 0.29) is 23.2 Å². The van der Waals surface area contributed by atoms with Crippen molar-refractivity contribution in [2.75, 3.05) is 5.75 Å². The third-order valence-corrected chi connectivity index (χ3v) is 3.76. The molecule has 1 heterocycles. The highest BCUT2D eigenvalue weighted by Gasteiger charge is 2.27. The second kappa shape index (κ2) is 4.62. The van der Waals surface area contributed by atoms with Gasteiger partial charge in [0.15, 0.2) is 5.78 Å². The summed E-state index contributed by atoms with van der Waals surface area (Å²) in [5.41, 5.74) is 1.16. The lowest BCUT2D eigenvalue weighted by Gasteiger charge is -2.19. The third-order valence-electron chi connectivity index (χ3n) is 2.44. The fourth-order valence-corrected chi connectivity index (χ4v) is 2.72. The van der Waals surface area contributed by atoms with Gasteiger partial charge in [0.05, 0.1) is 17.4 Å². The lowest BCUT2D eigenvalue weighted by Crippen LogP contribution is -2.29. The Kier molecular flexibility index (Phi) is 3.21. The zero-order valence-electron chi connectivity index (χ0n) is 8.31. The van der Waals surface area contributed by atoms with E-state index in [0.717, 1.165) is 12.0 Å². The minimum Gasteiger partial charge on any atom is -0.298 e. The van der Waals surface area contributed by atoms with Crippen molar-refractivity contribution in [2.24, 2.45) is 0 Å². The number of ketones is 2. The van der Waals surface area contributed by atoms with Crippen LogP contribution in [-0.4, -0.2) is 22.6 Å². The number of Topliss-reactive ketones (excluding diaryl/α,β-unsaturated/α-hetero) is 2. The molecule has 0 saturated carbocycles. The van der Waals surface area contributed by atoms with Crippen LogP contribution in [0.1, 0.15) is 12.0 Å². The molecule has 0 aromatic heterocycles. The van der Waals surface area contributed by atoms with Gasteiger partial charge in [-0.05, 0) is 12.0 Å². The van der Waals surface area contributed by atoms with Crippen LogP contribution in [0.15, 0.2) is 30.3 Å². The van der Waals surface area contributed by atoms with E-state index in [1.807, 2.05) is 30.3 Å². The van der Waals surface area contributed by atoms with Crippen LogP contribution in [0, 0.1) is 0 Å². The number of hydrogen-bond donors (Lipinski definition) is 0. The van der Waals surface area contributed by atoms with E-state index in [1.165, 1.54) is 11.8 Å². The quantitative estimate of drug-likeness (QED) is 0.714. The molecule has 3 heteroatoms. The number of thioether (sulfide) groups is 1. The normalized spacial score (nSPS) is 21.7. The van der Waals surface area contributed by atoms with Crippen molar-refractivity contribution < 1.29 is 9.59 Å². The molecule has 1 aliphatic rings. The Bertz CT molecular complexity index is 372. The molecule has 0 N–H and O–H groups in total. The van der Waals surface area contributed by atoms with Gasteiger partial charge in [0.25, 0.3) is 0 Å².